The second-order valence-electron chi connectivity index (χ2n) is 4.32. The van der Waals surface area contributed by atoms with E-state index >= 15 is 0 Å². The molecule has 0 aromatic heterocycles. The fourth-order valence-electron chi connectivity index (χ4n) is 1.82. The zero-order valence-electron chi connectivity index (χ0n) is 10.7. The molecule has 0 aliphatic rings. The lowest BCUT2D eigenvalue weighted by atomic mass is 10.1. The van der Waals surface area contributed by atoms with Crippen LogP contribution in [0.3, 0.4) is 0 Å². The quantitative estimate of drug-likeness (QED) is 0.938. The molecule has 0 unspecified atom stereocenters. The van der Waals surface area contributed by atoms with E-state index in [9.17, 15) is 12.8 Å². The lowest BCUT2D eigenvalue weighted by molar-refractivity contribution is 0.564. The Morgan fingerprint density at radius 1 is 1.15 bits per heavy atom. The number of hydrogen-bond acceptors (Lipinski definition) is 2. The summed E-state index contributed by atoms with van der Waals surface area (Å²) in [5.74, 6) is -0.599. The summed E-state index contributed by atoms with van der Waals surface area (Å²) in [6.07, 6.45) is 0. The highest BCUT2D eigenvalue weighted by molar-refractivity contribution is 7.89. The lowest BCUT2D eigenvalue weighted by Crippen LogP contribution is -2.27. The number of hydrogen-bond donors (Lipinski definition) is 1. The predicted molar refractivity (Wildman–Crippen MR) is 76.6 cm³/mol. The van der Waals surface area contributed by atoms with Crippen molar-refractivity contribution >= 4 is 21.6 Å². The summed E-state index contributed by atoms with van der Waals surface area (Å²) in [5, 5.41) is 0.474. The minimum Gasteiger partial charge on any atom is -0.207 e. The van der Waals surface area contributed by atoms with E-state index in [1.807, 2.05) is 0 Å². The lowest BCUT2D eigenvalue weighted by Gasteiger charge is -2.16. The summed E-state index contributed by atoms with van der Waals surface area (Å²) in [6.45, 7) is 1.68. The molecule has 0 spiro atoms. The molecular weight excluding hydrogens is 301 g/mol. The van der Waals surface area contributed by atoms with E-state index in [1.54, 1.807) is 31.2 Å². The maximum atomic E-state index is 13.1. The molecule has 0 aliphatic heterocycles. The molecule has 1 atom stereocenters. The molecule has 0 radical (unpaired) electrons. The molecule has 0 amide bonds. The Bertz CT molecular complexity index is 719. The number of halogens is 2. The third-order valence-corrected chi connectivity index (χ3v) is 4.69. The monoisotopic (exact) mass is 313 g/mol. The van der Waals surface area contributed by atoms with E-state index in [0.717, 1.165) is 6.07 Å². The Hall–Kier alpha value is -1.43. The molecule has 2 aromatic carbocycles. The highest BCUT2D eigenvalue weighted by Gasteiger charge is 2.19. The molecule has 1 N–H and O–H groups in total. The van der Waals surface area contributed by atoms with Crippen LogP contribution in [-0.4, -0.2) is 8.42 Å². The highest BCUT2D eigenvalue weighted by Crippen LogP contribution is 2.24. The van der Waals surface area contributed by atoms with Crippen molar-refractivity contribution in [1.82, 2.24) is 4.72 Å². The Kier molecular flexibility index (Phi) is 4.42. The average Bonchev–Trinajstić information content (AvgIpc) is 2.38. The van der Waals surface area contributed by atoms with Crippen LogP contribution in [0.1, 0.15) is 18.5 Å². The first-order valence-corrected chi connectivity index (χ1v) is 7.78. The van der Waals surface area contributed by atoms with Crippen LogP contribution in [0.2, 0.25) is 5.02 Å². The minimum atomic E-state index is -3.80. The van der Waals surface area contributed by atoms with Crippen LogP contribution in [0.15, 0.2) is 53.4 Å². The Morgan fingerprint density at radius 3 is 2.50 bits per heavy atom. The third-order valence-electron chi connectivity index (χ3n) is 2.81. The summed E-state index contributed by atoms with van der Waals surface area (Å²) in [5.41, 5.74) is 0.661. The molecule has 6 heteroatoms. The van der Waals surface area contributed by atoms with Crippen LogP contribution in [-0.2, 0) is 10.0 Å². The van der Waals surface area contributed by atoms with E-state index in [4.69, 9.17) is 11.6 Å². The van der Waals surface area contributed by atoms with Gasteiger partial charge in [-0.1, -0.05) is 35.9 Å². The maximum Gasteiger partial charge on any atom is 0.241 e. The number of nitrogens with one attached hydrogen (secondary N) is 1. The van der Waals surface area contributed by atoms with Crippen molar-refractivity contribution in [2.75, 3.05) is 0 Å². The first kappa shape index (κ1) is 15.0. The molecule has 106 valence electrons. The van der Waals surface area contributed by atoms with Crippen LogP contribution in [0.25, 0.3) is 0 Å². The van der Waals surface area contributed by atoms with Crippen LogP contribution >= 0.6 is 11.6 Å². The third kappa shape index (κ3) is 3.36. The first-order valence-electron chi connectivity index (χ1n) is 5.92. The van der Waals surface area contributed by atoms with Gasteiger partial charge >= 0.3 is 0 Å². The van der Waals surface area contributed by atoms with Gasteiger partial charge < -0.3 is 0 Å². The van der Waals surface area contributed by atoms with Gasteiger partial charge in [-0.15, -0.1) is 0 Å². The smallest absolute Gasteiger partial charge is 0.207 e. The molecule has 2 rings (SSSR count). The molecule has 2 aromatic rings. The van der Waals surface area contributed by atoms with E-state index < -0.39 is 21.9 Å². The van der Waals surface area contributed by atoms with Gasteiger partial charge in [-0.2, -0.15) is 0 Å². The van der Waals surface area contributed by atoms with Crippen molar-refractivity contribution in [2.24, 2.45) is 0 Å². The maximum absolute atomic E-state index is 13.1. The molecule has 3 nitrogen and oxygen atoms in total. The van der Waals surface area contributed by atoms with Gasteiger partial charge in [0.05, 0.1) is 4.90 Å². The molecule has 0 heterocycles. The second kappa shape index (κ2) is 5.91. The van der Waals surface area contributed by atoms with Crippen LogP contribution in [0, 0.1) is 5.82 Å². The molecule has 20 heavy (non-hydrogen) atoms. The Labute approximate surface area is 122 Å². The molecule has 0 bridgehead atoms. The number of rotatable bonds is 4. The van der Waals surface area contributed by atoms with Crippen molar-refractivity contribution in [1.29, 1.82) is 0 Å². The van der Waals surface area contributed by atoms with Gasteiger partial charge in [0, 0.05) is 11.1 Å². The van der Waals surface area contributed by atoms with Gasteiger partial charge in [0.2, 0.25) is 10.0 Å². The zero-order chi connectivity index (χ0) is 14.8. The molecule has 0 saturated heterocycles. The number of sulfonamides is 1. The van der Waals surface area contributed by atoms with Crippen molar-refractivity contribution in [2.45, 2.75) is 17.9 Å². The van der Waals surface area contributed by atoms with Gasteiger partial charge in [-0.05, 0) is 36.8 Å². The predicted octanol–water partition coefficient (Wildman–Crippen LogP) is 3.52. The first-order chi connectivity index (χ1) is 9.40. The number of benzene rings is 2. The van der Waals surface area contributed by atoms with Gasteiger partial charge in [0.25, 0.3) is 0 Å². The molecule has 0 aliphatic carbocycles. The SMILES string of the molecule is C[C@H](NS(=O)(=O)c1cccc(F)c1)c1ccccc1Cl. The van der Waals surface area contributed by atoms with Gasteiger partial charge in [0.1, 0.15) is 5.82 Å². The van der Waals surface area contributed by atoms with Gasteiger partial charge in [0.15, 0.2) is 0 Å². The van der Waals surface area contributed by atoms with E-state index in [-0.39, 0.29) is 4.90 Å². The molecule has 0 saturated carbocycles. The summed E-state index contributed by atoms with van der Waals surface area (Å²) in [7, 11) is -3.80. The van der Waals surface area contributed by atoms with E-state index in [2.05, 4.69) is 4.72 Å². The van der Waals surface area contributed by atoms with Crippen molar-refractivity contribution in [3.8, 4) is 0 Å². The Balaban J connectivity index is 2.27. The van der Waals surface area contributed by atoms with Crippen LogP contribution < -0.4 is 4.72 Å². The van der Waals surface area contributed by atoms with Crippen LogP contribution in [0.5, 0.6) is 0 Å². The summed E-state index contributed by atoms with van der Waals surface area (Å²) in [6, 6.07) is 11.3. The highest BCUT2D eigenvalue weighted by atomic mass is 35.5. The van der Waals surface area contributed by atoms with E-state index in [0.29, 0.717) is 10.6 Å². The van der Waals surface area contributed by atoms with Crippen molar-refractivity contribution in [3.05, 3.63) is 64.9 Å². The molecule has 0 fully saturated rings. The van der Waals surface area contributed by atoms with Crippen molar-refractivity contribution in [3.63, 3.8) is 0 Å². The minimum absolute atomic E-state index is 0.114. The summed E-state index contributed by atoms with van der Waals surface area (Å²) < 4.78 is 39.9. The fourth-order valence-corrected chi connectivity index (χ4v) is 3.38. The molecular formula is C14H13ClFNO2S. The van der Waals surface area contributed by atoms with Crippen LogP contribution in [0.4, 0.5) is 4.39 Å². The van der Waals surface area contributed by atoms with E-state index in [1.165, 1.54) is 18.2 Å². The van der Waals surface area contributed by atoms with Gasteiger partial charge in [-0.3, -0.25) is 0 Å². The largest absolute Gasteiger partial charge is 0.241 e. The average molecular weight is 314 g/mol. The van der Waals surface area contributed by atoms with Crippen molar-refractivity contribution < 1.29 is 12.8 Å². The fraction of sp³-hybridized carbons (Fsp3) is 0.143. The summed E-state index contributed by atoms with van der Waals surface area (Å²) >= 11 is 6.02. The Morgan fingerprint density at radius 2 is 1.85 bits per heavy atom. The topological polar surface area (TPSA) is 46.2 Å². The standard InChI is InChI=1S/C14H13ClFNO2S/c1-10(13-7-2-3-8-14(13)15)17-20(18,19)12-6-4-5-11(16)9-12/h2-10,17H,1H3/t10-/m0/s1. The van der Waals surface area contributed by atoms with Gasteiger partial charge in [-0.25, -0.2) is 17.5 Å². The zero-order valence-corrected chi connectivity index (χ0v) is 12.2. The second-order valence-corrected chi connectivity index (χ2v) is 6.44. The normalized spacial score (nSPS) is 13.2. The summed E-state index contributed by atoms with van der Waals surface area (Å²) in [4.78, 5) is -0.114.